The van der Waals surface area contributed by atoms with E-state index in [1.165, 1.54) is 18.2 Å². The van der Waals surface area contributed by atoms with Crippen LogP contribution in [0.25, 0.3) is 0 Å². The number of hydrogen-bond donors (Lipinski definition) is 0. The molecule has 0 spiro atoms. The summed E-state index contributed by atoms with van der Waals surface area (Å²) >= 11 is 0. The predicted octanol–water partition coefficient (Wildman–Crippen LogP) is 2.68. The molecule has 128 valence electrons. The van der Waals surface area contributed by atoms with Gasteiger partial charge in [-0.3, -0.25) is 9.69 Å². The van der Waals surface area contributed by atoms with Crippen LogP contribution in [0.3, 0.4) is 0 Å². The minimum atomic E-state index is -0.430. The van der Waals surface area contributed by atoms with Gasteiger partial charge in [0.15, 0.2) is 0 Å². The number of hydrogen-bond acceptors (Lipinski definition) is 3. The molecule has 0 unspecified atom stereocenters. The lowest BCUT2D eigenvalue weighted by atomic mass is 10.1. The lowest BCUT2D eigenvalue weighted by Gasteiger charge is -2.34. The summed E-state index contributed by atoms with van der Waals surface area (Å²) in [7, 11) is 0. The predicted molar refractivity (Wildman–Crippen MR) is 88.2 cm³/mol. The molecule has 2 aromatic rings. The monoisotopic (exact) mass is 341 g/mol. The van der Waals surface area contributed by atoms with Crippen molar-refractivity contribution in [2.75, 3.05) is 19.6 Å². The third-order valence-corrected chi connectivity index (χ3v) is 4.26. The molecule has 1 heterocycles. The molecule has 25 heavy (non-hydrogen) atoms. The zero-order valence-electron chi connectivity index (χ0n) is 13.6. The van der Waals surface area contributed by atoms with Gasteiger partial charge in [0.25, 0.3) is 0 Å². The summed E-state index contributed by atoms with van der Waals surface area (Å²) in [6.45, 7) is 2.15. The van der Waals surface area contributed by atoms with Gasteiger partial charge in [0.2, 0.25) is 5.91 Å². The Bertz CT molecular complexity index is 814. The summed E-state index contributed by atoms with van der Waals surface area (Å²) in [5.74, 6) is -0.769. The maximum Gasteiger partial charge on any atom is 0.237 e. The number of carbonyl (C=O) groups is 1. The van der Waals surface area contributed by atoms with Crippen LogP contribution in [0, 0.1) is 23.0 Å². The fourth-order valence-electron chi connectivity index (χ4n) is 2.86. The van der Waals surface area contributed by atoms with Gasteiger partial charge in [-0.25, -0.2) is 8.78 Å². The van der Waals surface area contributed by atoms with Crippen molar-refractivity contribution >= 4 is 5.91 Å². The van der Waals surface area contributed by atoms with Crippen molar-refractivity contribution in [2.45, 2.75) is 13.1 Å². The zero-order chi connectivity index (χ0) is 17.8. The van der Waals surface area contributed by atoms with Gasteiger partial charge in [-0.2, -0.15) is 5.26 Å². The molecule has 4 nitrogen and oxygen atoms in total. The molecule has 1 aliphatic heterocycles. The van der Waals surface area contributed by atoms with Crippen molar-refractivity contribution in [3.8, 4) is 6.07 Å². The van der Waals surface area contributed by atoms with Crippen LogP contribution in [-0.2, 0) is 17.9 Å². The number of nitrogens with zero attached hydrogens (tertiary/aromatic N) is 3. The summed E-state index contributed by atoms with van der Waals surface area (Å²) in [5, 5.41) is 8.78. The van der Waals surface area contributed by atoms with E-state index in [1.807, 2.05) is 11.0 Å². The average Bonchev–Trinajstić information content (AvgIpc) is 2.61. The fourth-order valence-corrected chi connectivity index (χ4v) is 2.86. The Kier molecular flexibility index (Phi) is 5.05. The molecular formula is C19H17F2N3O. The summed E-state index contributed by atoms with van der Waals surface area (Å²) in [6, 6.07) is 12.4. The second-order valence-electron chi connectivity index (χ2n) is 6.07. The molecule has 3 rings (SSSR count). The Morgan fingerprint density at radius 2 is 1.80 bits per heavy atom. The average molecular weight is 341 g/mol. The molecule has 0 atom stereocenters. The lowest BCUT2D eigenvalue weighted by Crippen LogP contribution is -2.49. The molecule has 0 aliphatic carbocycles. The van der Waals surface area contributed by atoms with E-state index in [4.69, 9.17) is 5.26 Å². The van der Waals surface area contributed by atoms with Crippen molar-refractivity contribution in [3.63, 3.8) is 0 Å². The molecule has 0 N–H and O–H groups in total. The molecule has 0 radical (unpaired) electrons. The number of carbonyl (C=O) groups excluding carboxylic acids is 1. The number of benzene rings is 2. The van der Waals surface area contributed by atoms with Crippen LogP contribution >= 0.6 is 0 Å². The SMILES string of the molecule is N#Cc1ccc(CN2CCN(Cc3ccc(F)cc3)C(=O)C2)c(F)c1. The number of rotatable bonds is 4. The first kappa shape index (κ1) is 17.1. The molecule has 6 heteroatoms. The molecule has 1 amide bonds. The van der Waals surface area contributed by atoms with E-state index in [1.54, 1.807) is 29.2 Å². The second kappa shape index (κ2) is 7.41. The fraction of sp³-hybridized carbons (Fsp3) is 0.263. The Hall–Kier alpha value is -2.78. The number of amides is 1. The number of piperazine rings is 1. The van der Waals surface area contributed by atoms with Gasteiger partial charge in [-0.05, 0) is 29.8 Å². The van der Waals surface area contributed by atoms with Crippen molar-refractivity contribution in [1.82, 2.24) is 9.80 Å². The molecule has 0 bridgehead atoms. The van der Waals surface area contributed by atoms with Crippen LogP contribution in [0.1, 0.15) is 16.7 Å². The van der Waals surface area contributed by atoms with Gasteiger partial charge in [-0.15, -0.1) is 0 Å². The summed E-state index contributed by atoms with van der Waals surface area (Å²) in [4.78, 5) is 15.9. The van der Waals surface area contributed by atoms with Crippen LogP contribution in [0.4, 0.5) is 8.78 Å². The summed E-state index contributed by atoms with van der Waals surface area (Å²) < 4.78 is 26.9. The van der Waals surface area contributed by atoms with Crippen LogP contribution in [-0.4, -0.2) is 35.3 Å². The summed E-state index contributed by atoms with van der Waals surface area (Å²) in [6.07, 6.45) is 0. The van der Waals surface area contributed by atoms with Crippen molar-refractivity contribution in [1.29, 1.82) is 5.26 Å². The Balaban J connectivity index is 1.59. The van der Waals surface area contributed by atoms with Crippen LogP contribution in [0.2, 0.25) is 0 Å². The molecule has 0 saturated carbocycles. The van der Waals surface area contributed by atoms with Crippen LogP contribution in [0.5, 0.6) is 0 Å². The van der Waals surface area contributed by atoms with Crippen LogP contribution < -0.4 is 0 Å². The quantitative estimate of drug-likeness (QED) is 0.859. The van der Waals surface area contributed by atoms with E-state index in [0.717, 1.165) is 5.56 Å². The van der Waals surface area contributed by atoms with Crippen molar-refractivity contribution in [2.24, 2.45) is 0 Å². The first-order chi connectivity index (χ1) is 12.0. The van der Waals surface area contributed by atoms with Crippen molar-refractivity contribution in [3.05, 3.63) is 70.8 Å². The standard InChI is InChI=1S/C19H17F2N3O/c20-17-5-2-14(3-6-17)11-24-8-7-23(13-19(24)25)12-16-4-1-15(10-22)9-18(16)21/h1-6,9H,7-8,11-13H2. The van der Waals surface area contributed by atoms with Gasteiger partial charge in [0.1, 0.15) is 11.6 Å². The lowest BCUT2D eigenvalue weighted by molar-refractivity contribution is -0.136. The van der Waals surface area contributed by atoms with E-state index in [0.29, 0.717) is 31.7 Å². The van der Waals surface area contributed by atoms with Crippen molar-refractivity contribution < 1.29 is 13.6 Å². The van der Waals surface area contributed by atoms with Gasteiger partial charge in [-0.1, -0.05) is 18.2 Å². The number of nitriles is 1. The highest BCUT2D eigenvalue weighted by molar-refractivity contribution is 5.79. The smallest absolute Gasteiger partial charge is 0.237 e. The van der Waals surface area contributed by atoms with E-state index in [-0.39, 0.29) is 23.8 Å². The van der Waals surface area contributed by atoms with E-state index in [9.17, 15) is 13.6 Å². The molecule has 0 aromatic heterocycles. The maximum atomic E-state index is 14.0. The Morgan fingerprint density at radius 1 is 1.04 bits per heavy atom. The highest BCUT2D eigenvalue weighted by Crippen LogP contribution is 2.16. The minimum absolute atomic E-state index is 0.0374. The zero-order valence-corrected chi connectivity index (χ0v) is 13.6. The molecular weight excluding hydrogens is 324 g/mol. The van der Waals surface area contributed by atoms with Gasteiger partial charge in [0.05, 0.1) is 18.2 Å². The maximum absolute atomic E-state index is 14.0. The number of halogens is 2. The Labute approximate surface area is 144 Å². The largest absolute Gasteiger partial charge is 0.336 e. The minimum Gasteiger partial charge on any atom is -0.336 e. The topological polar surface area (TPSA) is 47.3 Å². The Morgan fingerprint density at radius 3 is 2.44 bits per heavy atom. The third kappa shape index (κ3) is 4.20. The first-order valence-corrected chi connectivity index (χ1v) is 7.98. The van der Waals surface area contributed by atoms with Gasteiger partial charge >= 0.3 is 0 Å². The van der Waals surface area contributed by atoms with Gasteiger partial charge < -0.3 is 4.90 Å². The van der Waals surface area contributed by atoms with Crippen LogP contribution in [0.15, 0.2) is 42.5 Å². The summed E-state index contributed by atoms with van der Waals surface area (Å²) in [5.41, 5.74) is 1.63. The highest BCUT2D eigenvalue weighted by atomic mass is 19.1. The third-order valence-electron chi connectivity index (χ3n) is 4.26. The normalized spacial score (nSPS) is 15.2. The molecule has 1 aliphatic rings. The van der Waals surface area contributed by atoms with E-state index >= 15 is 0 Å². The van der Waals surface area contributed by atoms with E-state index < -0.39 is 5.82 Å². The molecule has 2 aromatic carbocycles. The van der Waals surface area contributed by atoms with Gasteiger partial charge in [0, 0.05) is 31.7 Å². The second-order valence-corrected chi connectivity index (χ2v) is 6.07. The highest BCUT2D eigenvalue weighted by Gasteiger charge is 2.24. The van der Waals surface area contributed by atoms with E-state index in [2.05, 4.69) is 0 Å². The molecule has 1 fully saturated rings. The molecule has 1 saturated heterocycles. The first-order valence-electron chi connectivity index (χ1n) is 7.98.